The lowest BCUT2D eigenvalue weighted by Crippen LogP contribution is -2.49. The van der Waals surface area contributed by atoms with Gasteiger partial charge in [-0.25, -0.2) is 8.42 Å². The molecule has 37 heavy (non-hydrogen) atoms. The standard InChI is InChI=1S/C27H35Cl2N3O4S/c1-19-14-15-22(28)17-25(19)32(37(3,35)36)16-8-13-26(33)31(18-21-9-4-7-12-24(21)29)20(2)27(34)30-23-10-5-6-11-23/h4,7,9,12,14-15,17,20,23H,5-6,8,10-11,13,16,18H2,1-3H3,(H,30,34). The Labute approximate surface area is 230 Å². The third kappa shape index (κ3) is 8.09. The van der Waals surface area contributed by atoms with E-state index in [1.54, 1.807) is 31.2 Å². The van der Waals surface area contributed by atoms with Gasteiger partial charge in [0.2, 0.25) is 21.8 Å². The SMILES string of the molecule is Cc1ccc(Cl)cc1N(CCCC(=O)N(Cc1ccccc1Cl)C(C)C(=O)NC1CCCC1)S(C)(=O)=O. The number of sulfonamides is 1. The van der Waals surface area contributed by atoms with Gasteiger partial charge in [-0.1, -0.05) is 60.3 Å². The third-order valence-corrected chi connectivity index (χ3v) is 8.54. The van der Waals surface area contributed by atoms with Crippen LogP contribution < -0.4 is 9.62 Å². The molecular formula is C27H35Cl2N3O4S. The van der Waals surface area contributed by atoms with Crippen LogP contribution in [0.2, 0.25) is 10.0 Å². The smallest absolute Gasteiger partial charge is 0.242 e. The third-order valence-electron chi connectivity index (χ3n) is 6.76. The molecule has 1 fully saturated rings. The topological polar surface area (TPSA) is 86.8 Å². The normalized spacial score (nSPS) is 14.8. The van der Waals surface area contributed by atoms with Crippen molar-refractivity contribution in [2.24, 2.45) is 0 Å². The first-order valence-corrected chi connectivity index (χ1v) is 15.1. The molecule has 0 aliphatic heterocycles. The summed E-state index contributed by atoms with van der Waals surface area (Å²) >= 11 is 12.5. The molecule has 2 amide bonds. The lowest BCUT2D eigenvalue weighted by molar-refractivity contribution is -0.140. The van der Waals surface area contributed by atoms with E-state index in [1.165, 1.54) is 9.21 Å². The summed E-state index contributed by atoms with van der Waals surface area (Å²) in [6.07, 6.45) is 5.54. The van der Waals surface area contributed by atoms with Crippen LogP contribution in [0.15, 0.2) is 42.5 Å². The summed E-state index contributed by atoms with van der Waals surface area (Å²) in [4.78, 5) is 28.0. The number of nitrogens with zero attached hydrogens (tertiary/aromatic N) is 2. The van der Waals surface area contributed by atoms with Crippen LogP contribution >= 0.6 is 23.2 Å². The number of halogens is 2. The molecule has 10 heteroatoms. The highest BCUT2D eigenvalue weighted by atomic mass is 35.5. The van der Waals surface area contributed by atoms with Crippen LogP contribution in [0.3, 0.4) is 0 Å². The molecule has 2 aromatic rings. The lowest BCUT2D eigenvalue weighted by atomic mass is 10.1. The summed E-state index contributed by atoms with van der Waals surface area (Å²) in [7, 11) is -3.60. The molecule has 1 aliphatic rings. The number of rotatable bonds is 11. The van der Waals surface area contributed by atoms with Crippen LogP contribution in [-0.2, 0) is 26.2 Å². The molecule has 2 aromatic carbocycles. The Morgan fingerprint density at radius 1 is 1.11 bits per heavy atom. The summed E-state index contributed by atoms with van der Waals surface area (Å²) in [6, 6.07) is 11.7. The molecule has 1 unspecified atom stereocenters. The van der Waals surface area contributed by atoms with Crippen molar-refractivity contribution in [3.63, 3.8) is 0 Å². The minimum Gasteiger partial charge on any atom is -0.352 e. The molecule has 1 atom stereocenters. The number of hydrogen-bond donors (Lipinski definition) is 1. The van der Waals surface area contributed by atoms with Crippen molar-refractivity contribution in [3.05, 3.63) is 63.6 Å². The van der Waals surface area contributed by atoms with Gasteiger partial charge >= 0.3 is 0 Å². The van der Waals surface area contributed by atoms with Crippen molar-refractivity contribution in [1.29, 1.82) is 0 Å². The molecule has 0 radical (unpaired) electrons. The second-order valence-corrected chi connectivity index (χ2v) is 12.4. The largest absolute Gasteiger partial charge is 0.352 e. The summed E-state index contributed by atoms with van der Waals surface area (Å²) in [6.45, 7) is 3.82. The fourth-order valence-corrected chi connectivity index (χ4v) is 5.99. The second kappa shape index (κ2) is 13.0. The van der Waals surface area contributed by atoms with E-state index in [4.69, 9.17) is 23.2 Å². The zero-order chi connectivity index (χ0) is 27.2. The number of nitrogens with one attached hydrogen (secondary N) is 1. The van der Waals surface area contributed by atoms with E-state index < -0.39 is 16.1 Å². The Hall–Kier alpha value is -2.29. The molecule has 3 rings (SSSR count). The van der Waals surface area contributed by atoms with Crippen LogP contribution in [0.25, 0.3) is 0 Å². The lowest BCUT2D eigenvalue weighted by Gasteiger charge is -2.30. The Morgan fingerprint density at radius 2 is 1.78 bits per heavy atom. The number of anilines is 1. The van der Waals surface area contributed by atoms with Crippen LogP contribution in [0, 0.1) is 6.92 Å². The molecule has 0 heterocycles. The van der Waals surface area contributed by atoms with Crippen LogP contribution in [0.5, 0.6) is 0 Å². The first-order valence-electron chi connectivity index (χ1n) is 12.5. The van der Waals surface area contributed by atoms with Crippen molar-refractivity contribution in [3.8, 4) is 0 Å². The highest BCUT2D eigenvalue weighted by Gasteiger charge is 2.29. The minimum absolute atomic E-state index is 0.0666. The molecular weight excluding hydrogens is 533 g/mol. The minimum atomic E-state index is -3.60. The van der Waals surface area contributed by atoms with Gasteiger partial charge in [-0.2, -0.15) is 0 Å². The number of amides is 2. The zero-order valence-electron chi connectivity index (χ0n) is 21.5. The van der Waals surface area contributed by atoms with E-state index in [0.29, 0.717) is 15.7 Å². The summed E-state index contributed by atoms with van der Waals surface area (Å²) in [5.74, 6) is -0.440. The van der Waals surface area contributed by atoms with Gasteiger partial charge in [-0.15, -0.1) is 0 Å². The number of benzene rings is 2. The van der Waals surface area contributed by atoms with Gasteiger partial charge in [-0.05, 0) is 62.4 Å². The van der Waals surface area contributed by atoms with Gasteiger partial charge in [0.05, 0.1) is 11.9 Å². The van der Waals surface area contributed by atoms with Crippen molar-refractivity contribution in [1.82, 2.24) is 10.2 Å². The average Bonchev–Trinajstić information content (AvgIpc) is 3.34. The molecule has 0 aromatic heterocycles. The van der Waals surface area contributed by atoms with Crippen molar-refractivity contribution < 1.29 is 18.0 Å². The van der Waals surface area contributed by atoms with Crippen molar-refractivity contribution in [2.45, 2.75) is 71.0 Å². The van der Waals surface area contributed by atoms with E-state index in [0.717, 1.165) is 43.1 Å². The molecule has 7 nitrogen and oxygen atoms in total. The van der Waals surface area contributed by atoms with Gasteiger partial charge in [0.25, 0.3) is 0 Å². The van der Waals surface area contributed by atoms with Crippen molar-refractivity contribution in [2.75, 3.05) is 17.1 Å². The van der Waals surface area contributed by atoms with Crippen molar-refractivity contribution >= 4 is 50.7 Å². The average molecular weight is 569 g/mol. The Kier molecular flexibility index (Phi) is 10.3. The molecule has 1 N–H and O–H groups in total. The quantitative estimate of drug-likeness (QED) is 0.398. The predicted molar refractivity (Wildman–Crippen MR) is 149 cm³/mol. The fourth-order valence-electron chi connectivity index (χ4n) is 4.62. The number of hydrogen-bond acceptors (Lipinski definition) is 4. The predicted octanol–water partition coefficient (Wildman–Crippen LogP) is 5.32. The molecule has 1 aliphatic carbocycles. The monoisotopic (exact) mass is 567 g/mol. The summed E-state index contributed by atoms with van der Waals surface area (Å²) in [5, 5.41) is 4.02. The molecule has 1 saturated carbocycles. The molecule has 202 valence electrons. The van der Waals surface area contributed by atoms with Crippen LogP contribution in [0.1, 0.15) is 56.6 Å². The number of carbonyl (C=O) groups is 2. The first-order chi connectivity index (χ1) is 17.5. The van der Waals surface area contributed by atoms with E-state index in [9.17, 15) is 18.0 Å². The molecule has 0 bridgehead atoms. The van der Waals surface area contributed by atoms with Gasteiger partial charge in [0.15, 0.2) is 0 Å². The first kappa shape index (κ1) is 29.3. The maximum absolute atomic E-state index is 13.4. The fraction of sp³-hybridized carbons (Fsp3) is 0.481. The van der Waals surface area contributed by atoms with Gasteiger partial charge in [-0.3, -0.25) is 13.9 Å². The van der Waals surface area contributed by atoms with E-state index >= 15 is 0 Å². The summed E-state index contributed by atoms with van der Waals surface area (Å²) in [5.41, 5.74) is 1.99. The Morgan fingerprint density at radius 3 is 2.43 bits per heavy atom. The maximum atomic E-state index is 13.4. The maximum Gasteiger partial charge on any atom is 0.242 e. The van der Waals surface area contributed by atoms with Gasteiger partial charge in [0, 0.05) is 35.6 Å². The van der Waals surface area contributed by atoms with Crippen LogP contribution in [0.4, 0.5) is 5.69 Å². The molecule has 0 saturated heterocycles. The van der Waals surface area contributed by atoms with Crippen LogP contribution in [-0.4, -0.2) is 50.0 Å². The van der Waals surface area contributed by atoms with Gasteiger partial charge in [0.1, 0.15) is 6.04 Å². The molecule has 0 spiro atoms. The highest BCUT2D eigenvalue weighted by molar-refractivity contribution is 7.92. The van der Waals surface area contributed by atoms with E-state index in [2.05, 4.69) is 5.32 Å². The number of aryl methyl sites for hydroxylation is 1. The van der Waals surface area contributed by atoms with E-state index in [1.807, 2.05) is 25.1 Å². The highest BCUT2D eigenvalue weighted by Crippen LogP contribution is 2.27. The zero-order valence-corrected chi connectivity index (χ0v) is 23.9. The second-order valence-electron chi connectivity index (χ2n) is 9.65. The number of carbonyl (C=O) groups excluding carboxylic acids is 2. The Bertz CT molecular complexity index is 1220. The van der Waals surface area contributed by atoms with Gasteiger partial charge < -0.3 is 10.2 Å². The Balaban J connectivity index is 1.75. The summed E-state index contributed by atoms with van der Waals surface area (Å²) < 4.78 is 26.4. The van der Waals surface area contributed by atoms with E-state index in [-0.39, 0.29) is 43.8 Å².